The molecule has 3 atom stereocenters. The molecule has 1 aliphatic carbocycles. The summed E-state index contributed by atoms with van der Waals surface area (Å²) in [6, 6.07) is 10.3. The number of nitrogens with zero attached hydrogens (tertiary/aromatic N) is 5. The standard InChI is InChI=1S/C32H36ClF2N5O2/c1-19-16-39(31(41)20(2)34)11-12-40(19)30-27-14-28(33)26(25-10-6-8-21-7-4-5-9-24(21)25)15-29(27)36-32(37-30)42-18-23-13-22(35)17-38(23)3/h6,8,10,14-15,19,22-23H,2,4-5,7,9,11-13,16-18H2,1,3H3/t19-,22+,23-/m0/s1. The maximum absolute atomic E-state index is 14.0. The molecule has 1 aromatic heterocycles. The molecule has 0 N–H and O–H groups in total. The molecule has 7 nitrogen and oxygen atoms in total. The number of amides is 1. The number of piperazine rings is 1. The van der Waals surface area contributed by atoms with Crippen molar-refractivity contribution in [2.24, 2.45) is 0 Å². The number of halogens is 3. The molecule has 2 fully saturated rings. The molecule has 3 aliphatic rings. The van der Waals surface area contributed by atoms with Crippen molar-refractivity contribution < 1.29 is 18.3 Å². The maximum atomic E-state index is 14.0. The van der Waals surface area contributed by atoms with Gasteiger partial charge in [0.2, 0.25) is 0 Å². The number of hydrogen-bond acceptors (Lipinski definition) is 6. The lowest BCUT2D eigenvalue weighted by Gasteiger charge is -2.40. The van der Waals surface area contributed by atoms with E-state index in [4.69, 9.17) is 26.3 Å². The minimum atomic E-state index is -0.964. The molecule has 2 saturated heterocycles. The van der Waals surface area contributed by atoms with E-state index < -0.39 is 17.9 Å². The molecule has 3 aromatic rings. The van der Waals surface area contributed by atoms with Gasteiger partial charge in [-0.1, -0.05) is 36.4 Å². The number of alkyl halides is 1. The molecule has 0 spiro atoms. The Morgan fingerprint density at radius 3 is 2.69 bits per heavy atom. The van der Waals surface area contributed by atoms with E-state index in [1.54, 1.807) is 0 Å². The van der Waals surface area contributed by atoms with Crippen LogP contribution in [0.4, 0.5) is 14.6 Å². The van der Waals surface area contributed by atoms with E-state index in [0.717, 1.165) is 35.8 Å². The zero-order chi connectivity index (χ0) is 29.5. The van der Waals surface area contributed by atoms with Gasteiger partial charge in [0.25, 0.3) is 5.91 Å². The lowest BCUT2D eigenvalue weighted by atomic mass is 9.86. The summed E-state index contributed by atoms with van der Waals surface area (Å²) in [4.78, 5) is 27.4. The molecule has 222 valence electrons. The van der Waals surface area contributed by atoms with Crippen LogP contribution < -0.4 is 9.64 Å². The average Bonchev–Trinajstić information content (AvgIpc) is 3.31. The van der Waals surface area contributed by atoms with E-state index in [1.807, 2.05) is 31.0 Å². The highest BCUT2D eigenvalue weighted by atomic mass is 35.5. The van der Waals surface area contributed by atoms with Crippen LogP contribution in [0, 0.1) is 0 Å². The van der Waals surface area contributed by atoms with E-state index in [2.05, 4.69) is 29.7 Å². The number of ether oxygens (including phenoxy) is 1. The lowest BCUT2D eigenvalue weighted by Crippen LogP contribution is -2.54. The molecule has 6 rings (SSSR count). The van der Waals surface area contributed by atoms with Crippen molar-refractivity contribution in [1.82, 2.24) is 19.8 Å². The predicted octanol–water partition coefficient (Wildman–Crippen LogP) is 5.77. The SMILES string of the molecule is C=C(F)C(=O)N1CCN(c2nc(OC[C@@H]3C[C@@H](F)CN3C)nc3cc(-c4cccc5c4CCCC5)c(Cl)cc23)[C@@H](C)C1. The summed E-state index contributed by atoms with van der Waals surface area (Å²) in [7, 11) is 1.89. The van der Waals surface area contributed by atoms with E-state index in [0.29, 0.717) is 49.0 Å². The first-order valence-electron chi connectivity index (χ1n) is 14.7. The minimum absolute atomic E-state index is 0.0679. The number of fused-ring (bicyclic) bond motifs is 2. The van der Waals surface area contributed by atoms with Crippen LogP contribution in [0.1, 0.15) is 37.3 Å². The predicted molar refractivity (Wildman–Crippen MR) is 162 cm³/mol. The highest BCUT2D eigenvalue weighted by molar-refractivity contribution is 6.34. The quantitative estimate of drug-likeness (QED) is 0.337. The topological polar surface area (TPSA) is 61.8 Å². The van der Waals surface area contributed by atoms with E-state index >= 15 is 0 Å². The minimum Gasteiger partial charge on any atom is -0.462 e. The molecule has 3 heterocycles. The Morgan fingerprint density at radius 2 is 1.95 bits per heavy atom. The van der Waals surface area contributed by atoms with Gasteiger partial charge in [-0.3, -0.25) is 9.69 Å². The monoisotopic (exact) mass is 595 g/mol. The Bertz CT molecular complexity index is 1530. The van der Waals surface area contributed by atoms with Gasteiger partial charge in [0, 0.05) is 54.2 Å². The van der Waals surface area contributed by atoms with Crippen LogP contribution in [0.5, 0.6) is 6.01 Å². The van der Waals surface area contributed by atoms with Gasteiger partial charge in [0.05, 0.1) is 5.52 Å². The number of likely N-dealkylation sites (tertiary alicyclic amines) is 1. The Hall–Kier alpha value is -3.30. The zero-order valence-electron chi connectivity index (χ0n) is 24.1. The maximum Gasteiger partial charge on any atom is 0.319 e. The van der Waals surface area contributed by atoms with E-state index in [-0.39, 0.29) is 24.7 Å². The van der Waals surface area contributed by atoms with Crippen LogP contribution in [0.3, 0.4) is 0 Å². The summed E-state index contributed by atoms with van der Waals surface area (Å²) in [5.74, 6) is -1.02. The third kappa shape index (κ3) is 5.56. The largest absolute Gasteiger partial charge is 0.462 e. The summed E-state index contributed by atoms with van der Waals surface area (Å²) in [5.41, 5.74) is 5.43. The molecule has 0 bridgehead atoms. The van der Waals surface area contributed by atoms with Crippen molar-refractivity contribution in [2.45, 2.75) is 57.3 Å². The van der Waals surface area contributed by atoms with Gasteiger partial charge in [-0.05, 0) is 74.9 Å². The molecular formula is C32H36ClF2N5O2. The summed E-state index contributed by atoms with van der Waals surface area (Å²) < 4.78 is 33.7. The third-order valence-corrected chi connectivity index (χ3v) is 9.20. The Kier molecular flexibility index (Phi) is 8.07. The molecule has 10 heteroatoms. The molecule has 2 aromatic carbocycles. The highest BCUT2D eigenvalue weighted by Crippen LogP contribution is 2.40. The van der Waals surface area contributed by atoms with Gasteiger partial charge in [-0.2, -0.15) is 9.97 Å². The molecule has 0 saturated carbocycles. The van der Waals surface area contributed by atoms with Gasteiger partial charge in [-0.15, -0.1) is 0 Å². The second kappa shape index (κ2) is 11.8. The zero-order valence-corrected chi connectivity index (χ0v) is 24.8. The fourth-order valence-electron chi connectivity index (χ4n) is 6.64. The first-order valence-corrected chi connectivity index (χ1v) is 15.1. The van der Waals surface area contributed by atoms with Crippen molar-refractivity contribution in [3.63, 3.8) is 0 Å². The number of hydrogen-bond donors (Lipinski definition) is 0. The van der Waals surface area contributed by atoms with Gasteiger partial charge in [-0.25, -0.2) is 8.78 Å². The van der Waals surface area contributed by atoms with Crippen LogP contribution >= 0.6 is 11.6 Å². The lowest BCUT2D eigenvalue weighted by molar-refractivity contribution is -0.129. The van der Waals surface area contributed by atoms with Gasteiger partial charge in [0.15, 0.2) is 5.83 Å². The second-order valence-electron chi connectivity index (χ2n) is 11.8. The average molecular weight is 596 g/mol. The molecule has 0 radical (unpaired) electrons. The van der Waals surface area contributed by atoms with Gasteiger partial charge >= 0.3 is 6.01 Å². The Balaban J connectivity index is 1.40. The number of aromatic nitrogens is 2. The molecule has 1 amide bonds. The van der Waals surface area contributed by atoms with Gasteiger partial charge < -0.3 is 14.5 Å². The van der Waals surface area contributed by atoms with Crippen LogP contribution in [-0.4, -0.2) is 83.8 Å². The molecule has 0 unspecified atom stereocenters. The van der Waals surface area contributed by atoms with Crippen LogP contribution in [0.25, 0.3) is 22.0 Å². The first-order chi connectivity index (χ1) is 20.2. The number of anilines is 1. The number of aryl methyl sites for hydroxylation is 1. The van der Waals surface area contributed by atoms with Gasteiger partial charge in [0.1, 0.15) is 18.6 Å². The highest BCUT2D eigenvalue weighted by Gasteiger charge is 2.32. The summed E-state index contributed by atoms with van der Waals surface area (Å²) >= 11 is 6.99. The van der Waals surface area contributed by atoms with Crippen molar-refractivity contribution in [2.75, 3.05) is 44.7 Å². The van der Waals surface area contributed by atoms with E-state index in [1.165, 1.54) is 22.4 Å². The summed E-state index contributed by atoms with van der Waals surface area (Å²) in [5, 5.41) is 1.38. The Morgan fingerprint density at radius 1 is 1.14 bits per heavy atom. The second-order valence-corrected chi connectivity index (χ2v) is 12.2. The summed E-state index contributed by atoms with van der Waals surface area (Å²) in [6.45, 7) is 6.86. The van der Waals surface area contributed by atoms with Crippen LogP contribution in [0.2, 0.25) is 5.02 Å². The first kappa shape index (κ1) is 28.8. The third-order valence-electron chi connectivity index (χ3n) is 8.89. The number of likely N-dealkylation sites (N-methyl/N-ethyl adjacent to an activating group) is 1. The van der Waals surface area contributed by atoms with Crippen molar-refractivity contribution in [3.05, 3.63) is 58.9 Å². The Labute approximate surface area is 250 Å². The van der Waals surface area contributed by atoms with Crippen LogP contribution in [0.15, 0.2) is 42.7 Å². The fourth-order valence-corrected chi connectivity index (χ4v) is 6.91. The van der Waals surface area contributed by atoms with Crippen molar-refractivity contribution >= 4 is 34.2 Å². The molecular weight excluding hydrogens is 560 g/mol. The number of benzene rings is 2. The molecule has 2 aliphatic heterocycles. The number of carbonyl (C=O) groups excluding carboxylic acids is 1. The van der Waals surface area contributed by atoms with Crippen molar-refractivity contribution in [1.29, 1.82) is 0 Å². The smallest absolute Gasteiger partial charge is 0.319 e. The summed E-state index contributed by atoms with van der Waals surface area (Å²) in [6.07, 6.45) is 3.95. The number of carbonyl (C=O) groups is 1. The fraction of sp³-hybridized carbons (Fsp3) is 0.469. The molecule has 42 heavy (non-hydrogen) atoms. The van der Waals surface area contributed by atoms with Crippen LogP contribution in [-0.2, 0) is 17.6 Å². The number of rotatable bonds is 6. The van der Waals surface area contributed by atoms with Crippen molar-refractivity contribution in [3.8, 4) is 17.1 Å². The normalized spacial score (nSPS) is 22.8. The van der Waals surface area contributed by atoms with E-state index in [9.17, 15) is 13.6 Å².